The van der Waals surface area contributed by atoms with Gasteiger partial charge in [0.05, 0.1) is 23.8 Å². The third-order valence-electron chi connectivity index (χ3n) is 2.07. The van der Waals surface area contributed by atoms with E-state index in [0.29, 0.717) is 5.56 Å². The van der Waals surface area contributed by atoms with Gasteiger partial charge < -0.3 is 5.11 Å². The van der Waals surface area contributed by atoms with Crippen molar-refractivity contribution in [1.29, 1.82) is 5.26 Å². The van der Waals surface area contributed by atoms with E-state index >= 15 is 0 Å². The third-order valence-corrected chi connectivity index (χ3v) is 2.07. The summed E-state index contributed by atoms with van der Waals surface area (Å²) in [6, 6.07) is 3.44. The van der Waals surface area contributed by atoms with Crippen molar-refractivity contribution in [2.75, 3.05) is 0 Å². The van der Waals surface area contributed by atoms with Gasteiger partial charge in [0, 0.05) is 0 Å². The zero-order chi connectivity index (χ0) is 11.6. The molecule has 1 aromatic carbocycles. The van der Waals surface area contributed by atoms with Crippen LogP contribution in [-0.4, -0.2) is 5.11 Å². The summed E-state index contributed by atoms with van der Waals surface area (Å²) in [7, 11) is 0. The normalized spacial score (nSPS) is 11.2. The van der Waals surface area contributed by atoms with Gasteiger partial charge in [-0.1, -0.05) is 0 Å². The second-order valence-electron chi connectivity index (χ2n) is 3.09. The predicted molar refractivity (Wildman–Crippen MR) is 46.8 cm³/mol. The molecule has 0 aliphatic heterocycles. The fraction of sp³-hybridized carbons (Fsp3) is 0.300. The van der Waals surface area contributed by atoms with Crippen molar-refractivity contribution < 1.29 is 18.3 Å². The number of nitrogens with zero attached hydrogens (tertiary/aromatic N) is 1. The van der Waals surface area contributed by atoms with E-state index in [-0.39, 0.29) is 5.56 Å². The molecular formula is C10H8F3NO. The van der Waals surface area contributed by atoms with Crippen LogP contribution in [0.4, 0.5) is 13.2 Å². The van der Waals surface area contributed by atoms with Gasteiger partial charge in [-0.25, -0.2) is 0 Å². The molecule has 0 amide bonds. The first kappa shape index (κ1) is 11.5. The van der Waals surface area contributed by atoms with Crippen LogP contribution >= 0.6 is 0 Å². The predicted octanol–water partition coefficient (Wildman–Crippen LogP) is 2.38. The van der Waals surface area contributed by atoms with Gasteiger partial charge in [-0.05, 0) is 30.2 Å². The molecule has 0 fully saturated rings. The van der Waals surface area contributed by atoms with Crippen LogP contribution < -0.4 is 0 Å². The smallest absolute Gasteiger partial charge is 0.392 e. The van der Waals surface area contributed by atoms with Gasteiger partial charge in [0.25, 0.3) is 0 Å². The molecule has 1 aromatic rings. The first-order valence-electron chi connectivity index (χ1n) is 4.12. The van der Waals surface area contributed by atoms with Crippen LogP contribution in [0.15, 0.2) is 12.1 Å². The van der Waals surface area contributed by atoms with Crippen LogP contribution in [-0.2, 0) is 12.8 Å². The molecular weight excluding hydrogens is 207 g/mol. The molecule has 0 spiro atoms. The van der Waals surface area contributed by atoms with E-state index in [1.54, 1.807) is 6.92 Å². The quantitative estimate of drug-likeness (QED) is 0.781. The molecule has 0 aliphatic rings. The van der Waals surface area contributed by atoms with Crippen molar-refractivity contribution >= 4 is 0 Å². The largest absolute Gasteiger partial charge is 0.417 e. The Labute approximate surface area is 84.6 Å². The number of aryl methyl sites for hydroxylation is 1. The molecule has 2 nitrogen and oxygen atoms in total. The molecule has 5 heteroatoms. The second-order valence-corrected chi connectivity index (χ2v) is 3.09. The highest BCUT2D eigenvalue weighted by atomic mass is 19.4. The minimum atomic E-state index is -4.57. The van der Waals surface area contributed by atoms with Gasteiger partial charge in [-0.2, -0.15) is 18.4 Å². The highest BCUT2D eigenvalue weighted by Crippen LogP contribution is 2.33. The molecule has 0 aromatic heterocycles. The van der Waals surface area contributed by atoms with Crippen molar-refractivity contribution in [3.63, 3.8) is 0 Å². The average Bonchev–Trinajstić information content (AvgIpc) is 2.15. The molecule has 0 atom stereocenters. The molecule has 0 saturated carbocycles. The molecule has 15 heavy (non-hydrogen) atoms. The molecule has 80 valence electrons. The number of alkyl halides is 3. The Morgan fingerprint density at radius 3 is 2.40 bits per heavy atom. The van der Waals surface area contributed by atoms with E-state index in [0.717, 1.165) is 12.1 Å². The molecule has 0 radical (unpaired) electrons. The Morgan fingerprint density at radius 1 is 1.40 bits per heavy atom. The summed E-state index contributed by atoms with van der Waals surface area (Å²) >= 11 is 0. The molecule has 0 heterocycles. The lowest BCUT2D eigenvalue weighted by Gasteiger charge is -2.11. The summed E-state index contributed by atoms with van der Waals surface area (Å²) in [4.78, 5) is 0. The van der Waals surface area contributed by atoms with E-state index in [9.17, 15) is 13.2 Å². The fourth-order valence-corrected chi connectivity index (χ4v) is 1.25. The topological polar surface area (TPSA) is 44.0 Å². The summed E-state index contributed by atoms with van der Waals surface area (Å²) in [5, 5.41) is 17.4. The van der Waals surface area contributed by atoms with Crippen LogP contribution in [0.5, 0.6) is 0 Å². The number of aliphatic hydroxyl groups is 1. The molecule has 0 unspecified atom stereocenters. The molecule has 0 aliphatic carbocycles. The first-order chi connectivity index (χ1) is 6.90. The zero-order valence-electron chi connectivity index (χ0n) is 7.89. The van der Waals surface area contributed by atoms with Crippen molar-refractivity contribution in [2.45, 2.75) is 19.7 Å². The van der Waals surface area contributed by atoms with Crippen LogP contribution in [0.25, 0.3) is 0 Å². The highest BCUT2D eigenvalue weighted by Gasteiger charge is 2.34. The van der Waals surface area contributed by atoms with E-state index in [4.69, 9.17) is 10.4 Å². The van der Waals surface area contributed by atoms with Gasteiger partial charge in [0.2, 0.25) is 0 Å². The van der Waals surface area contributed by atoms with Crippen LogP contribution in [0, 0.1) is 18.3 Å². The van der Waals surface area contributed by atoms with Crippen molar-refractivity contribution in [3.05, 3.63) is 34.4 Å². The summed E-state index contributed by atoms with van der Waals surface area (Å²) in [6.45, 7) is 1.08. The SMILES string of the molecule is Cc1cc(C#N)c(C(F)(F)F)cc1CO. The van der Waals surface area contributed by atoms with Crippen molar-refractivity contribution in [2.24, 2.45) is 0 Å². The van der Waals surface area contributed by atoms with E-state index in [1.807, 2.05) is 0 Å². The fourth-order valence-electron chi connectivity index (χ4n) is 1.25. The van der Waals surface area contributed by atoms with Crippen LogP contribution in [0.1, 0.15) is 22.3 Å². The van der Waals surface area contributed by atoms with Gasteiger partial charge in [-0.15, -0.1) is 0 Å². The lowest BCUT2D eigenvalue weighted by molar-refractivity contribution is -0.137. The number of hydrogen-bond acceptors (Lipinski definition) is 2. The third kappa shape index (κ3) is 2.28. The number of benzene rings is 1. The lowest BCUT2D eigenvalue weighted by Crippen LogP contribution is -2.09. The second kappa shape index (κ2) is 3.91. The van der Waals surface area contributed by atoms with Crippen LogP contribution in [0.3, 0.4) is 0 Å². The molecule has 0 bridgehead atoms. The van der Waals surface area contributed by atoms with E-state index < -0.39 is 23.9 Å². The summed E-state index contributed by atoms with van der Waals surface area (Å²) in [6.07, 6.45) is -4.57. The molecule has 0 saturated heterocycles. The first-order valence-corrected chi connectivity index (χ1v) is 4.12. The van der Waals surface area contributed by atoms with Gasteiger partial charge in [0.15, 0.2) is 0 Å². The highest BCUT2D eigenvalue weighted by molar-refractivity contribution is 5.45. The number of nitriles is 1. The molecule has 1 N–H and O–H groups in total. The van der Waals surface area contributed by atoms with Crippen molar-refractivity contribution in [1.82, 2.24) is 0 Å². The summed E-state index contributed by atoms with van der Waals surface area (Å²) in [5.41, 5.74) is -0.764. The average molecular weight is 215 g/mol. The Balaban J connectivity index is 3.44. The number of hydrogen-bond donors (Lipinski definition) is 1. The maximum atomic E-state index is 12.5. The number of aliphatic hydroxyl groups excluding tert-OH is 1. The summed E-state index contributed by atoms with van der Waals surface area (Å²) in [5.74, 6) is 0. The Morgan fingerprint density at radius 2 is 2.00 bits per heavy atom. The summed E-state index contributed by atoms with van der Waals surface area (Å²) < 4.78 is 37.4. The maximum absolute atomic E-state index is 12.5. The Hall–Kier alpha value is -1.54. The van der Waals surface area contributed by atoms with Gasteiger partial charge in [-0.3, -0.25) is 0 Å². The van der Waals surface area contributed by atoms with E-state index in [2.05, 4.69) is 0 Å². The Kier molecular flexibility index (Phi) is 3.01. The van der Waals surface area contributed by atoms with Crippen LogP contribution in [0.2, 0.25) is 0 Å². The standard InChI is InChI=1S/C10H8F3NO/c1-6-2-7(4-14)9(10(11,12)13)3-8(6)5-15/h2-3,15H,5H2,1H3. The minimum absolute atomic E-state index is 0.182. The van der Waals surface area contributed by atoms with Gasteiger partial charge >= 0.3 is 6.18 Å². The minimum Gasteiger partial charge on any atom is -0.392 e. The van der Waals surface area contributed by atoms with Gasteiger partial charge in [0.1, 0.15) is 0 Å². The number of rotatable bonds is 1. The number of halogens is 3. The lowest BCUT2D eigenvalue weighted by atomic mass is 10.00. The Bertz CT molecular complexity index is 418. The maximum Gasteiger partial charge on any atom is 0.417 e. The zero-order valence-corrected chi connectivity index (χ0v) is 7.89. The molecule has 1 rings (SSSR count). The monoisotopic (exact) mass is 215 g/mol. The van der Waals surface area contributed by atoms with Crippen molar-refractivity contribution in [3.8, 4) is 6.07 Å². The van der Waals surface area contributed by atoms with E-state index in [1.165, 1.54) is 6.07 Å².